The van der Waals surface area contributed by atoms with Crippen molar-refractivity contribution in [3.8, 4) is 51.7 Å². The van der Waals surface area contributed by atoms with Crippen molar-refractivity contribution in [2.45, 2.75) is 55.3 Å². The fourth-order valence-electron chi connectivity index (χ4n) is 6.72. The van der Waals surface area contributed by atoms with Crippen molar-refractivity contribution in [3.63, 3.8) is 0 Å². The third-order valence-corrected chi connectivity index (χ3v) is 9.32. The minimum absolute atomic E-state index is 0.138. The summed E-state index contributed by atoms with van der Waals surface area (Å²) >= 11 is 0. The molecule has 3 aliphatic heterocycles. The van der Waals surface area contributed by atoms with Gasteiger partial charge in [-0.1, -0.05) is 18.2 Å². The normalized spacial score (nSPS) is 26.8. The maximum atomic E-state index is 14.7. The third-order valence-electron chi connectivity index (χ3n) is 9.32. The Labute approximate surface area is 293 Å². The van der Waals surface area contributed by atoms with Crippen molar-refractivity contribution < 1.29 is 79.6 Å². The molecule has 4 aromatic rings. The highest BCUT2D eigenvalue weighted by Crippen LogP contribution is 2.56. The van der Waals surface area contributed by atoms with Crippen LogP contribution in [0, 0.1) is 0 Å². The largest absolute Gasteiger partial charge is 0.508 e. The first-order valence-electron chi connectivity index (χ1n) is 15.9. The number of rotatable bonds is 6. The van der Waals surface area contributed by atoms with Crippen LogP contribution in [-0.2, 0) is 4.74 Å². The number of aliphatic hydroxyl groups is 4. The highest BCUT2D eigenvalue weighted by Gasteiger charge is 2.49. The van der Waals surface area contributed by atoms with Gasteiger partial charge in [-0.2, -0.15) is 0 Å². The molecule has 0 aliphatic carbocycles. The summed E-state index contributed by atoms with van der Waals surface area (Å²) in [5.74, 6) is -7.21. The molecule has 0 bridgehead atoms. The van der Waals surface area contributed by atoms with Crippen LogP contribution in [0.3, 0.4) is 0 Å². The van der Waals surface area contributed by atoms with Gasteiger partial charge in [-0.05, 0) is 35.4 Å². The number of aliphatic hydroxyl groups excluding tert-OH is 4. The lowest BCUT2D eigenvalue weighted by atomic mass is 9.78. The molecule has 1 fully saturated rings. The van der Waals surface area contributed by atoms with Crippen LogP contribution in [0.1, 0.15) is 62.0 Å². The number of carbonyl (C=O) groups is 2. The Hall–Kier alpha value is -5.78. The van der Waals surface area contributed by atoms with Crippen molar-refractivity contribution in [2.24, 2.45) is 0 Å². The first-order valence-corrected chi connectivity index (χ1v) is 15.9. The van der Waals surface area contributed by atoms with Crippen LogP contribution in [-0.4, -0.2) is 99.9 Å². The Bertz CT molecular complexity index is 2060. The first kappa shape index (κ1) is 34.7. The van der Waals surface area contributed by atoms with Crippen LogP contribution in [0.25, 0.3) is 0 Å². The Morgan fingerprint density at radius 2 is 1.38 bits per heavy atom. The van der Waals surface area contributed by atoms with Gasteiger partial charge < -0.3 is 70.0 Å². The van der Waals surface area contributed by atoms with E-state index in [2.05, 4.69) is 0 Å². The monoisotopic (exact) mass is 720 g/mol. The Kier molecular flexibility index (Phi) is 8.72. The molecule has 4 aromatic carbocycles. The van der Waals surface area contributed by atoms with E-state index in [1.807, 2.05) is 0 Å². The lowest BCUT2D eigenvalue weighted by Gasteiger charge is -2.41. The summed E-state index contributed by atoms with van der Waals surface area (Å²) in [5.41, 5.74) is -0.604. The molecule has 0 unspecified atom stereocenters. The topological polar surface area (TPSA) is 273 Å². The van der Waals surface area contributed by atoms with E-state index in [0.29, 0.717) is 0 Å². The number of Topliss-reactive ketones (excluding diaryl/α,β-unsaturated/α-hetero) is 2. The molecule has 0 aromatic heterocycles. The van der Waals surface area contributed by atoms with E-state index in [4.69, 9.17) is 18.9 Å². The molecule has 0 amide bonds. The van der Waals surface area contributed by atoms with Crippen molar-refractivity contribution in [1.29, 1.82) is 0 Å². The van der Waals surface area contributed by atoms with Crippen molar-refractivity contribution >= 4 is 11.6 Å². The number of aromatic hydroxyl groups is 6. The number of benzene rings is 4. The van der Waals surface area contributed by atoms with E-state index in [0.717, 1.165) is 24.3 Å². The predicted molar refractivity (Wildman–Crippen MR) is 173 cm³/mol. The van der Waals surface area contributed by atoms with Crippen LogP contribution in [0.4, 0.5) is 0 Å². The van der Waals surface area contributed by atoms with E-state index >= 15 is 0 Å². The molecule has 0 spiro atoms. The quantitative estimate of drug-likeness (QED) is 0.127. The molecule has 3 aliphatic rings. The SMILES string of the molecule is O=C1C[C@@H](c2ccc(O)c(O)c2)Oc2c1c(O)cc(O[C@@H]1O[C@H](CO)[C@@H](O)[C@H](O)[C@H]1O)c2[C@H]1C(=O)c2c(O)cc(O)cc2O[C@@H]1c1ccc(O)cc1. The molecular formula is C36H32O16. The number of hydrogen-bond donors (Lipinski definition) is 10. The van der Waals surface area contributed by atoms with Gasteiger partial charge in [0.15, 0.2) is 23.1 Å². The molecule has 16 nitrogen and oxygen atoms in total. The molecule has 272 valence electrons. The summed E-state index contributed by atoms with van der Waals surface area (Å²) in [6.45, 7) is -0.813. The van der Waals surface area contributed by atoms with E-state index in [9.17, 15) is 60.7 Å². The fraction of sp³-hybridized carbons (Fsp3) is 0.278. The Balaban J connectivity index is 1.47. The van der Waals surface area contributed by atoms with Gasteiger partial charge in [0.1, 0.15) is 88.0 Å². The van der Waals surface area contributed by atoms with Gasteiger partial charge in [0, 0.05) is 18.2 Å². The van der Waals surface area contributed by atoms with Gasteiger partial charge in [-0.3, -0.25) is 9.59 Å². The number of hydrogen-bond acceptors (Lipinski definition) is 16. The van der Waals surface area contributed by atoms with E-state index < -0.39 is 113 Å². The number of ether oxygens (including phenoxy) is 4. The summed E-state index contributed by atoms with van der Waals surface area (Å²) < 4.78 is 24.2. The molecule has 3 heterocycles. The zero-order valence-electron chi connectivity index (χ0n) is 26.7. The van der Waals surface area contributed by atoms with Gasteiger partial charge in [0.05, 0.1) is 24.5 Å². The van der Waals surface area contributed by atoms with Gasteiger partial charge >= 0.3 is 0 Å². The molecule has 10 N–H and O–H groups in total. The molecule has 16 heteroatoms. The predicted octanol–water partition coefficient (Wildman–Crippen LogP) is 1.91. The molecule has 0 saturated carbocycles. The lowest BCUT2D eigenvalue weighted by molar-refractivity contribution is -0.277. The average molecular weight is 721 g/mol. The molecule has 1 saturated heterocycles. The van der Waals surface area contributed by atoms with Gasteiger partial charge in [0.25, 0.3) is 0 Å². The van der Waals surface area contributed by atoms with E-state index in [1.54, 1.807) is 0 Å². The standard InChI is InChI=1S/C36H32O16/c37-12-25-30(45)32(47)33(48)36(52-25)51-24-11-21(44)26-20(43)10-22(14-3-6-17(40)18(41)7-14)49-35(26)28(24)29-31(46)27-19(42)8-16(39)9-23(27)50-34(29)13-1-4-15(38)5-2-13/h1-9,11,22,25,29-30,32-34,36-42,44-45,47-48H,10,12H2/t22-,25+,29-,30+,32-,33+,34+,36+/m0/s1. The number of phenols is 6. The third kappa shape index (κ3) is 5.81. The summed E-state index contributed by atoms with van der Waals surface area (Å²) in [6.07, 6.45) is -11.8. The van der Waals surface area contributed by atoms with Crippen LogP contribution < -0.4 is 14.2 Å². The fourth-order valence-corrected chi connectivity index (χ4v) is 6.72. The number of carbonyl (C=O) groups excluding carboxylic acids is 2. The number of fused-ring (bicyclic) bond motifs is 2. The molecule has 8 atom stereocenters. The maximum absolute atomic E-state index is 14.7. The van der Waals surface area contributed by atoms with Crippen molar-refractivity contribution in [2.75, 3.05) is 6.61 Å². The highest BCUT2D eigenvalue weighted by molar-refractivity contribution is 6.09. The second-order valence-corrected chi connectivity index (χ2v) is 12.6. The smallest absolute Gasteiger partial charge is 0.229 e. The van der Waals surface area contributed by atoms with Gasteiger partial charge in [-0.25, -0.2) is 0 Å². The lowest BCUT2D eigenvalue weighted by Crippen LogP contribution is -2.60. The Morgan fingerprint density at radius 3 is 2.08 bits per heavy atom. The number of phenolic OH excluding ortho intramolecular Hbond substituents is 6. The summed E-state index contributed by atoms with van der Waals surface area (Å²) in [4.78, 5) is 28.5. The van der Waals surface area contributed by atoms with Crippen LogP contribution in [0.5, 0.6) is 51.7 Å². The summed E-state index contributed by atoms with van der Waals surface area (Å²) in [7, 11) is 0. The van der Waals surface area contributed by atoms with Crippen molar-refractivity contribution in [1.82, 2.24) is 0 Å². The van der Waals surface area contributed by atoms with Gasteiger partial charge in [0.2, 0.25) is 6.29 Å². The van der Waals surface area contributed by atoms with Crippen molar-refractivity contribution in [3.05, 3.63) is 88.5 Å². The molecule has 52 heavy (non-hydrogen) atoms. The summed E-state index contributed by atoms with van der Waals surface area (Å²) in [5, 5.41) is 104. The highest BCUT2D eigenvalue weighted by atomic mass is 16.7. The first-order chi connectivity index (χ1) is 24.8. The molecular weight excluding hydrogens is 688 g/mol. The minimum Gasteiger partial charge on any atom is -0.508 e. The van der Waals surface area contributed by atoms with Crippen LogP contribution in [0.15, 0.2) is 60.7 Å². The van der Waals surface area contributed by atoms with E-state index in [1.165, 1.54) is 36.4 Å². The van der Waals surface area contributed by atoms with E-state index in [-0.39, 0.29) is 40.2 Å². The maximum Gasteiger partial charge on any atom is 0.229 e. The minimum atomic E-state index is -1.96. The second kappa shape index (κ2) is 13.1. The zero-order chi connectivity index (χ0) is 37.2. The van der Waals surface area contributed by atoms with Crippen LogP contribution in [0.2, 0.25) is 0 Å². The summed E-state index contributed by atoms with van der Waals surface area (Å²) in [6, 6.07) is 12.1. The zero-order valence-corrected chi connectivity index (χ0v) is 26.7. The second-order valence-electron chi connectivity index (χ2n) is 12.6. The molecule has 0 radical (unpaired) electrons. The van der Waals surface area contributed by atoms with Crippen LogP contribution >= 0.6 is 0 Å². The Morgan fingerprint density at radius 1 is 0.692 bits per heavy atom. The average Bonchev–Trinajstić information content (AvgIpc) is 3.10. The molecule has 7 rings (SSSR count). The number of ketones is 2. The van der Waals surface area contributed by atoms with Gasteiger partial charge in [-0.15, -0.1) is 0 Å².